The highest BCUT2D eigenvalue weighted by Crippen LogP contribution is 2.28. The molecule has 1 aromatic carbocycles. The van der Waals surface area contributed by atoms with Crippen molar-refractivity contribution in [1.82, 2.24) is 4.90 Å². The SMILES string of the molecule is COc1ccc(OC)c(NC(N)=NCCCN2CCCC2)c1. The molecule has 0 aromatic heterocycles. The summed E-state index contributed by atoms with van der Waals surface area (Å²) in [6.45, 7) is 4.26. The molecule has 0 radical (unpaired) electrons. The number of nitrogens with one attached hydrogen (secondary N) is 1. The maximum Gasteiger partial charge on any atom is 0.193 e. The molecule has 122 valence electrons. The van der Waals surface area contributed by atoms with Crippen LogP contribution in [0.15, 0.2) is 23.2 Å². The fourth-order valence-electron chi connectivity index (χ4n) is 2.59. The van der Waals surface area contributed by atoms with Crippen molar-refractivity contribution in [2.45, 2.75) is 19.3 Å². The van der Waals surface area contributed by atoms with Crippen molar-refractivity contribution < 1.29 is 9.47 Å². The Hall–Kier alpha value is -1.95. The lowest BCUT2D eigenvalue weighted by Crippen LogP contribution is -2.24. The van der Waals surface area contributed by atoms with Gasteiger partial charge in [-0.05, 0) is 51.0 Å². The van der Waals surface area contributed by atoms with Crippen molar-refractivity contribution >= 4 is 11.6 Å². The number of nitrogens with two attached hydrogens (primary N) is 1. The first-order chi connectivity index (χ1) is 10.7. The van der Waals surface area contributed by atoms with Crippen LogP contribution >= 0.6 is 0 Å². The van der Waals surface area contributed by atoms with E-state index in [9.17, 15) is 0 Å². The number of aliphatic imine (C=N–C) groups is 1. The summed E-state index contributed by atoms with van der Waals surface area (Å²) in [4.78, 5) is 6.85. The standard InChI is InChI=1S/C16H26N4O2/c1-21-13-6-7-15(22-2)14(12-13)19-16(17)18-8-5-11-20-9-3-4-10-20/h6-7,12H,3-5,8-11H2,1-2H3,(H3,17,18,19). The number of guanidine groups is 1. The Morgan fingerprint density at radius 2 is 2.05 bits per heavy atom. The zero-order valence-electron chi connectivity index (χ0n) is 13.5. The number of hydrogen-bond donors (Lipinski definition) is 2. The summed E-state index contributed by atoms with van der Waals surface area (Å²) in [6.07, 6.45) is 3.67. The van der Waals surface area contributed by atoms with Gasteiger partial charge in [0.25, 0.3) is 0 Å². The van der Waals surface area contributed by atoms with Gasteiger partial charge in [0.15, 0.2) is 5.96 Å². The van der Waals surface area contributed by atoms with Gasteiger partial charge in [0.2, 0.25) is 0 Å². The van der Waals surface area contributed by atoms with Crippen molar-refractivity contribution in [3.63, 3.8) is 0 Å². The summed E-state index contributed by atoms with van der Waals surface area (Å²) >= 11 is 0. The Morgan fingerprint density at radius 1 is 1.27 bits per heavy atom. The highest BCUT2D eigenvalue weighted by molar-refractivity contribution is 5.93. The van der Waals surface area contributed by atoms with E-state index in [1.54, 1.807) is 14.2 Å². The zero-order valence-corrected chi connectivity index (χ0v) is 13.5. The Morgan fingerprint density at radius 3 is 2.73 bits per heavy atom. The second-order valence-corrected chi connectivity index (χ2v) is 5.36. The molecule has 0 saturated carbocycles. The molecule has 1 aliphatic heterocycles. The molecule has 6 heteroatoms. The number of methoxy groups -OCH3 is 2. The molecular weight excluding hydrogens is 280 g/mol. The summed E-state index contributed by atoms with van der Waals surface area (Å²) < 4.78 is 10.5. The molecule has 0 atom stereocenters. The van der Waals surface area contributed by atoms with E-state index < -0.39 is 0 Å². The van der Waals surface area contributed by atoms with Gasteiger partial charge in [0, 0.05) is 12.6 Å². The van der Waals surface area contributed by atoms with Crippen molar-refractivity contribution in [1.29, 1.82) is 0 Å². The van der Waals surface area contributed by atoms with Gasteiger partial charge in [-0.15, -0.1) is 0 Å². The van der Waals surface area contributed by atoms with Crippen LogP contribution in [0.5, 0.6) is 11.5 Å². The molecule has 6 nitrogen and oxygen atoms in total. The van der Waals surface area contributed by atoms with E-state index in [0.29, 0.717) is 11.7 Å². The topological polar surface area (TPSA) is 72.1 Å². The Kier molecular flexibility index (Phi) is 6.33. The minimum atomic E-state index is 0.396. The maximum absolute atomic E-state index is 5.94. The third kappa shape index (κ3) is 4.80. The third-order valence-corrected chi connectivity index (χ3v) is 3.78. The molecule has 0 unspecified atom stereocenters. The third-order valence-electron chi connectivity index (χ3n) is 3.78. The highest BCUT2D eigenvalue weighted by Gasteiger charge is 2.10. The Labute approximate surface area is 132 Å². The number of rotatable bonds is 7. The Bertz CT molecular complexity index is 499. The average Bonchev–Trinajstić information content (AvgIpc) is 3.05. The second-order valence-electron chi connectivity index (χ2n) is 5.36. The van der Waals surface area contributed by atoms with Crippen LogP contribution in [0.1, 0.15) is 19.3 Å². The summed E-state index contributed by atoms with van der Waals surface area (Å²) in [5.74, 6) is 1.84. The van der Waals surface area contributed by atoms with Gasteiger partial charge in [-0.2, -0.15) is 0 Å². The van der Waals surface area contributed by atoms with Gasteiger partial charge in [0.05, 0.1) is 19.9 Å². The van der Waals surface area contributed by atoms with Gasteiger partial charge >= 0.3 is 0 Å². The lowest BCUT2D eigenvalue weighted by atomic mass is 10.2. The van der Waals surface area contributed by atoms with Crippen molar-refractivity contribution in [3.8, 4) is 11.5 Å². The van der Waals surface area contributed by atoms with Crippen molar-refractivity contribution in [3.05, 3.63) is 18.2 Å². The van der Waals surface area contributed by atoms with Gasteiger partial charge in [0.1, 0.15) is 11.5 Å². The van der Waals surface area contributed by atoms with Crippen LogP contribution in [0, 0.1) is 0 Å². The molecule has 3 N–H and O–H groups in total. The molecule has 0 bridgehead atoms. The summed E-state index contributed by atoms with van der Waals surface area (Å²) in [7, 11) is 3.25. The van der Waals surface area contributed by atoms with Crippen LogP contribution in [-0.4, -0.2) is 51.3 Å². The second kappa shape index (κ2) is 8.48. The van der Waals surface area contributed by atoms with E-state index in [1.807, 2.05) is 18.2 Å². The molecule has 22 heavy (non-hydrogen) atoms. The van der Waals surface area contributed by atoms with Crippen LogP contribution in [0.2, 0.25) is 0 Å². The van der Waals surface area contributed by atoms with Crippen molar-refractivity contribution in [2.24, 2.45) is 10.7 Å². The molecule has 0 amide bonds. The van der Waals surface area contributed by atoms with Crippen LogP contribution in [0.25, 0.3) is 0 Å². The number of ether oxygens (including phenoxy) is 2. The molecular formula is C16H26N4O2. The first kappa shape index (κ1) is 16.4. The van der Waals surface area contributed by atoms with Crippen LogP contribution in [0.4, 0.5) is 5.69 Å². The highest BCUT2D eigenvalue weighted by atomic mass is 16.5. The van der Waals surface area contributed by atoms with Gasteiger partial charge in [-0.25, -0.2) is 0 Å². The van der Waals surface area contributed by atoms with E-state index in [1.165, 1.54) is 25.9 Å². The average molecular weight is 306 g/mol. The Balaban J connectivity index is 1.84. The van der Waals surface area contributed by atoms with E-state index in [2.05, 4.69) is 15.2 Å². The number of hydrogen-bond acceptors (Lipinski definition) is 4. The molecule has 0 spiro atoms. The van der Waals surface area contributed by atoms with E-state index in [0.717, 1.165) is 30.9 Å². The van der Waals surface area contributed by atoms with Gasteiger partial charge < -0.3 is 25.4 Å². The van der Waals surface area contributed by atoms with E-state index in [-0.39, 0.29) is 0 Å². The largest absolute Gasteiger partial charge is 0.497 e. The molecule has 2 rings (SSSR count). The quantitative estimate of drug-likeness (QED) is 0.457. The fourth-order valence-corrected chi connectivity index (χ4v) is 2.59. The predicted octanol–water partition coefficient (Wildman–Crippen LogP) is 1.92. The summed E-state index contributed by atoms with van der Waals surface area (Å²) in [6, 6.07) is 5.51. The van der Waals surface area contributed by atoms with Crippen molar-refractivity contribution in [2.75, 3.05) is 45.7 Å². The lowest BCUT2D eigenvalue weighted by Gasteiger charge is -2.14. The van der Waals surface area contributed by atoms with Gasteiger partial charge in [-0.1, -0.05) is 0 Å². The molecule has 1 aliphatic rings. The van der Waals surface area contributed by atoms with Crippen LogP contribution in [0.3, 0.4) is 0 Å². The number of benzene rings is 1. The van der Waals surface area contributed by atoms with Gasteiger partial charge in [-0.3, -0.25) is 4.99 Å². The molecule has 1 aromatic rings. The molecule has 1 heterocycles. The number of likely N-dealkylation sites (tertiary alicyclic amines) is 1. The van der Waals surface area contributed by atoms with E-state index >= 15 is 0 Å². The number of nitrogens with zero attached hydrogens (tertiary/aromatic N) is 2. The van der Waals surface area contributed by atoms with Crippen LogP contribution in [-0.2, 0) is 0 Å². The minimum Gasteiger partial charge on any atom is -0.497 e. The fraction of sp³-hybridized carbons (Fsp3) is 0.562. The smallest absolute Gasteiger partial charge is 0.193 e. The number of anilines is 1. The first-order valence-corrected chi connectivity index (χ1v) is 7.74. The summed E-state index contributed by atoms with van der Waals surface area (Å²) in [5.41, 5.74) is 6.70. The lowest BCUT2D eigenvalue weighted by molar-refractivity contribution is 0.336. The zero-order chi connectivity index (χ0) is 15.8. The minimum absolute atomic E-state index is 0.396. The first-order valence-electron chi connectivity index (χ1n) is 7.74. The normalized spacial score (nSPS) is 15.8. The maximum atomic E-state index is 5.94. The summed E-state index contributed by atoms with van der Waals surface area (Å²) in [5, 5.41) is 3.07. The van der Waals surface area contributed by atoms with E-state index in [4.69, 9.17) is 15.2 Å². The predicted molar refractivity (Wildman–Crippen MR) is 89.9 cm³/mol. The molecule has 1 fully saturated rings. The van der Waals surface area contributed by atoms with Crippen LogP contribution < -0.4 is 20.5 Å². The molecule has 0 aliphatic carbocycles. The molecule has 1 saturated heterocycles. The monoisotopic (exact) mass is 306 g/mol.